The van der Waals surface area contributed by atoms with E-state index in [0.29, 0.717) is 13.2 Å². The Morgan fingerprint density at radius 2 is 0.829 bits per heavy atom. The Balaban J connectivity index is 0. The number of aliphatic hydroxyl groups excluding tert-OH is 2. The highest BCUT2D eigenvalue weighted by atomic mass is 16.5. The van der Waals surface area contributed by atoms with Gasteiger partial charge in [0.2, 0.25) is 0 Å². The molecule has 0 spiro atoms. The molecule has 0 fully saturated rings. The van der Waals surface area contributed by atoms with Crippen LogP contribution in [0.1, 0.15) is 175 Å². The normalized spacial score (nSPS) is 11.7. The lowest BCUT2D eigenvalue weighted by Gasteiger charge is -2.06. The summed E-state index contributed by atoms with van der Waals surface area (Å²) in [5, 5.41) is 17.5. The molecule has 212 valence electrons. The first kappa shape index (κ1) is 36.5. The van der Waals surface area contributed by atoms with Crippen LogP contribution in [0.3, 0.4) is 0 Å². The van der Waals surface area contributed by atoms with Gasteiger partial charge in [0, 0.05) is 6.61 Å². The summed E-state index contributed by atoms with van der Waals surface area (Å²) in [7, 11) is 0. The van der Waals surface area contributed by atoms with E-state index in [1.165, 1.54) is 142 Å². The Morgan fingerprint density at radius 3 is 1.11 bits per heavy atom. The Kier molecular flexibility index (Phi) is 34.9. The van der Waals surface area contributed by atoms with Crippen molar-refractivity contribution in [3.05, 3.63) is 0 Å². The number of hydrogen-bond donors (Lipinski definition) is 2. The third-order valence-electron chi connectivity index (χ3n) is 6.59. The van der Waals surface area contributed by atoms with Gasteiger partial charge in [0.15, 0.2) is 0 Å². The van der Waals surface area contributed by atoms with E-state index in [2.05, 4.69) is 13.8 Å². The molecule has 0 rings (SSSR count). The molecule has 0 saturated carbocycles. The smallest absolute Gasteiger partial charge is 0.334 e. The van der Waals surface area contributed by atoms with Crippen LogP contribution in [0, 0.1) is 0 Å². The van der Waals surface area contributed by atoms with Crippen LogP contribution in [-0.4, -0.2) is 35.5 Å². The van der Waals surface area contributed by atoms with E-state index < -0.39 is 12.1 Å². The summed E-state index contributed by atoms with van der Waals surface area (Å²) < 4.78 is 4.91. The number of esters is 1. The standard InChI is InChI=1S/C17H34O3.C14H30O/c1-3-4-5-6-7-8-9-10-11-12-13-14-15-20-17(19)16(2)18;1-2-3-4-5-6-7-8-9-10-11-12-13-14-15/h16,18H,3-15H2,1-2H3;15H,2-14H2,1H3. The van der Waals surface area contributed by atoms with E-state index >= 15 is 0 Å². The van der Waals surface area contributed by atoms with Crippen molar-refractivity contribution in [3.8, 4) is 0 Å². The third-order valence-corrected chi connectivity index (χ3v) is 6.59. The Bertz CT molecular complexity index is 372. The predicted molar refractivity (Wildman–Crippen MR) is 152 cm³/mol. The van der Waals surface area contributed by atoms with Crippen LogP contribution in [0.4, 0.5) is 0 Å². The lowest BCUT2D eigenvalue weighted by molar-refractivity contribution is -0.152. The van der Waals surface area contributed by atoms with Gasteiger partial charge in [-0.05, 0) is 19.8 Å². The first-order valence-electron chi connectivity index (χ1n) is 15.6. The Labute approximate surface area is 220 Å². The molecule has 0 saturated heterocycles. The van der Waals surface area contributed by atoms with E-state index in [4.69, 9.17) is 14.9 Å². The Hall–Kier alpha value is -0.610. The first-order valence-corrected chi connectivity index (χ1v) is 15.6. The maximum atomic E-state index is 11.0. The zero-order chi connectivity index (χ0) is 26.2. The fourth-order valence-electron chi connectivity index (χ4n) is 4.19. The van der Waals surface area contributed by atoms with Gasteiger partial charge in [-0.25, -0.2) is 4.79 Å². The number of aliphatic hydroxyl groups is 2. The summed E-state index contributed by atoms with van der Waals surface area (Å²) in [6.45, 7) is 6.78. The van der Waals surface area contributed by atoms with Crippen LogP contribution in [0.5, 0.6) is 0 Å². The van der Waals surface area contributed by atoms with Crippen LogP contribution in [-0.2, 0) is 9.53 Å². The summed E-state index contributed by atoms with van der Waals surface area (Å²) in [5.41, 5.74) is 0. The van der Waals surface area contributed by atoms with Crippen LogP contribution in [0.2, 0.25) is 0 Å². The topological polar surface area (TPSA) is 66.8 Å². The van der Waals surface area contributed by atoms with Gasteiger partial charge in [-0.15, -0.1) is 0 Å². The second kappa shape index (κ2) is 33.4. The van der Waals surface area contributed by atoms with E-state index in [0.717, 1.165) is 19.3 Å². The second-order valence-electron chi connectivity index (χ2n) is 10.3. The SMILES string of the molecule is CCCCCCCCCCCCCCO.CCCCCCCCCCCCCCOC(=O)C(C)O. The van der Waals surface area contributed by atoms with Gasteiger partial charge in [-0.3, -0.25) is 0 Å². The van der Waals surface area contributed by atoms with Gasteiger partial charge in [-0.1, -0.05) is 155 Å². The molecule has 0 aromatic heterocycles. The zero-order valence-corrected chi connectivity index (χ0v) is 24.2. The highest BCUT2D eigenvalue weighted by Gasteiger charge is 2.08. The second-order valence-corrected chi connectivity index (χ2v) is 10.3. The largest absolute Gasteiger partial charge is 0.464 e. The van der Waals surface area contributed by atoms with Gasteiger partial charge in [0.25, 0.3) is 0 Å². The van der Waals surface area contributed by atoms with Crippen LogP contribution < -0.4 is 0 Å². The summed E-state index contributed by atoms with van der Waals surface area (Å²) in [6, 6.07) is 0. The summed E-state index contributed by atoms with van der Waals surface area (Å²) in [6.07, 6.45) is 30.8. The van der Waals surface area contributed by atoms with Crippen molar-refractivity contribution in [1.29, 1.82) is 0 Å². The number of ether oxygens (including phenoxy) is 1. The molecule has 0 aliphatic heterocycles. The molecule has 4 heteroatoms. The molecule has 35 heavy (non-hydrogen) atoms. The van der Waals surface area contributed by atoms with E-state index in [9.17, 15) is 4.79 Å². The van der Waals surface area contributed by atoms with Crippen molar-refractivity contribution < 1.29 is 19.7 Å². The van der Waals surface area contributed by atoms with Crippen LogP contribution in [0.25, 0.3) is 0 Å². The summed E-state index contributed by atoms with van der Waals surface area (Å²) in [4.78, 5) is 11.0. The van der Waals surface area contributed by atoms with E-state index in [1.54, 1.807) is 0 Å². The number of carbonyl (C=O) groups excluding carboxylic acids is 1. The van der Waals surface area contributed by atoms with Gasteiger partial charge in [0.1, 0.15) is 6.10 Å². The molecule has 2 N–H and O–H groups in total. The molecule has 1 atom stereocenters. The number of rotatable bonds is 26. The molecular formula is C31H64O4. The molecule has 0 aliphatic carbocycles. The van der Waals surface area contributed by atoms with Gasteiger partial charge in [-0.2, -0.15) is 0 Å². The molecule has 0 amide bonds. The maximum Gasteiger partial charge on any atom is 0.334 e. The molecule has 0 aromatic carbocycles. The van der Waals surface area contributed by atoms with Crippen molar-refractivity contribution in [2.75, 3.05) is 13.2 Å². The molecule has 0 heterocycles. The van der Waals surface area contributed by atoms with Crippen LogP contribution in [0.15, 0.2) is 0 Å². The number of carbonyl (C=O) groups is 1. The fraction of sp³-hybridized carbons (Fsp3) is 0.968. The predicted octanol–water partition coefficient (Wildman–Crippen LogP) is 9.29. The van der Waals surface area contributed by atoms with Gasteiger partial charge in [0.05, 0.1) is 6.61 Å². The molecule has 0 bridgehead atoms. The quantitative estimate of drug-likeness (QED) is 0.0917. The molecule has 4 nitrogen and oxygen atoms in total. The monoisotopic (exact) mass is 500 g/mol. The minimum atomic E-state index is -0.993. The third kappa shape index (κ3) is 35.6. The molecular weight excluding hydrogens is 436 g/mol. The highest BCUT2D eigenvalue weighted by molar-refractivity contribution is 5.73. The van der Waals surface area contributed by atoms with Crippen molar-refractivity contribution in [2.45, 2.75) is 181 Å². The van der Waals surface area contributed by atoms with Crippen molar-refractivity contribution in [1.82, 2.24) is 0 Å². The number of unbranched alkanes of at least 4 members (excludes halogenated alkanes) is 22. The highest BCUT2D eigenvalue weighted by Crippen LogP contribution is 2.13. The minimum Gasteiger partial charge on any atom is -0.464 e. The summed E-state index contributed by atoms with van der Waals surface area (Å²) >= 11 is 0. The lowest BCUT2D eigenvalue weighted by Crippen LogP contribution is -2.19. The minimum absolute atomic E-state index is 0.372. The van der Waals surface area contributed by atoms with Gasteiger partial charge < -0.3 is 14.9 Å². The molecule has 1 unspecified atom stereocenters. The molecule has 0 radical (unpaired) electrons. The van der Waals surface area contributed by atoms with E-state index in [1.807, 2.05) is 0 Å². The maximum absolute atomic E-state index is 11.0. The lowest BCUT2D eigenvalue weighted by atomic mass is 10.1. The Morgan fingerprint density at radius 1 is 0.543 bits per heavy atom. The van der Waals surface area contributed by atoms with Crippen LogP contribution >= 0.6 is 0 Å². The van der Waals surface area contributed by atoms with Crippen molar-refractivity contribution in [2.24, 2.45) is 0 Å². The average molecular weight is 501 g/mol. The van der Waals surface area contributed by atoms with E-state index in [-0.39, 0.29) is 0 Å². The number of hydrogen-bond acceptors (Lipinski definition) is 4. The van der Waals surface area contributed by atoms with Gasteiger partial charge >= 0.3 is 5.97 Å². The van der Waals surface area contributed by atoms with Crippen molar-refractivity contribution in [3.63, 3.8) is 0 Å². The fourth-order valence-corrected chi connectivity index (χ4v) is 4.19. The average Bonchev–Trinajstić information content (AvgIpc) is 2.85. The molecule has 0 aromatic rings. The zero-order valence-electron chi connectivity index (χ0n) is 24.2. The first-order chi connectivity index (χ1) is 17.1. The molecule has 0 aliphatic rings. The summed E-state index contributed by atoms with van der Waals surface area (Å²) in [5.74, 6) is -0.506. The van der Waals surface area contributed by atoms with Crippen molar-refractivity contribution >= 4 is 5.97 Å².